The summed E-state index contributed by atoms with van der Waals surface area (Å²) in [6.07, 6.45) is 5.38. The van der Waals surface area contributed by atoms with Gasteiger partial charge in [-0.05, 0) is 59.4 Å². The second-order valence-electron chi connectivity index (χ2n) is 5.74. The van der Waals surface area contributed by atoms with Crippen molar-refractivity contribution < 1.29 is 0 Å². The Labute approximate surface area is 108 Å². The zero-order valence-electron chi connectivity index (χ0n) is 12.2. The zero-order chi connectivity index (χ0) is 12.7. The van der Waals surface area contributed by atoms with Crippen molar-refractivity contribution in [3.8, 4) is 0 Å². The molecule has 1 N–H and O–H groups in total. The lowest BCUT2D eigenvalue weighted by Crippen LogP contribution is -2.46. The summed E-state index contributed by atoms with van der Waals surface area (Å²) in [5, 5.41) is 3.34. The van der Waals surface area contributed by atoms with E-state index < -0.39 is 0 Å². The van der Waals surface area contributed by atoms with Crippen LogP contribution in [0.4, 0.5) is 0 Å². The van der Waals surface area contributed by atoms with Crippen LogP contribution in [0, 0.1) is 5.92 Å². The Bertz CT molecular complexity index is 180. The summed E-state index contributed by atoms with van der Waals surface area (Å²) in [7, 11) is 6.45. The number of piperidine rings is 1. The minimum atomic E-state index is 0.755. The summed E-state index contributed by atoms with van der Waals surface area (Å²) in [5.41, 5.74) is 0. The Kier molecular flexibility index (Phi) is 7.09. The van der Waals surface area contributed by atoms with E-state index in [-0.39, 0.29) is 0 Å². The predicted molar refractivity (Wildman–Crippen MR) is 75.5 cm³/mol. The molecule has 1 saturated heterocycles. The number of likely N-dealkylation sites (tertiary alicyclic amines) is 1. The second-order valence-corrected chi connectivity index (χ2v) is 5.74. The van der Waals surface area contributed by atoms with Gasteiger partial charge in [0.05, 0.1) is 0 Å². The number of hydrogen-bond acceptors (Lipinski definition) is 3. The van der Waals surface area contributed by atoms with Crippen LogP contribution in [0.1, 0.15) is 32.6 Å². The van der Waals surface area contributed by atoms with E-state index in [9.17, 15) is 0 Å². The molecule has 0 amide bonds. The summed E-state index contributed by atoms with van der Waals surface area (Å²) in [5.74, 6) is 0.915. The van der Waals surface area contributed by atoms with Gasteiger partial charge in [0.25, 0.3) is 0 Å². The third-order valence-corrected chi connectivity index (χ3v) is 3.85. The van der Waals surface area contributed by atoms with Crippen molar-refractivity contribution >= 4 is 0 Å². The summed E-state index contributed by atoms with van der Waals surface area (Å²) in [4.78, 5) is 5.03. The highest BCUT2D eigenvalue weighted by Gasteiger charge is 2.24. The van der Waals surface area contributed by atoms with Crippen LogP contribution >= 0.6 is 0 Å². The Hall–Kier alpha value is -0.120. The smallest absolute Gasteiger partial charge is 0.0220 e. The van der Waals surface area contributed by atoms with Gasteiger partial charge < -0.3 is 10.2 Å². The fourth-order valence-corrected chi connectivity index (χ4v) is 3.00. The largest absolute Gasteiger partial charge is 0.318 e. The predicted octanol–water partition coefficient (Wildman–Crippen LogP) is 1.65. The summed E-state index contributed by atoms with van der Waals surface area (Å²) in [6.45, 7) is 7.29. The first-order valence-corrected chi connectivity index (χ1v) is 7.20. The fraction of sp³-hybridized carbons (Fsp3) is 1.00. The van der Waals surface area contributed by atoms with Crippen molar-refractivity contribution in [1.82, 2.24) is 15.1 Å². The van der Waals surface area contributed by atoms with Gasteiger partial charge in [-0.3, -0.25) is 4.90 Å². The van der Waals surface area contributed by atoms with Gasteiger partial charge in [-0.15, -0.1) is 0 Å². The third kappa shape index (κ3) is 5.36. The van der Waals surface area contributed by atoms with Crippen molar-refractivity contribution in [1.29, 1.82) is 0 Å². The minimum Gasteiger partial charge on any atom is -0.318 e. The molecule has 0 radical (unpaired) electrons. The molecule has 17 heavy (non-hydrogen) atoms. The van der Waals surface area contributed by atoms with Gasteiger partial charge in [-0.1, -0.05) is 13.3 Å². The molecule has 1 heterocycles. The number of nitrogens with one attached hydrogen (secondary N) is 1. The van der Waals surface area contributed by atoms with Crippen LogP contribution < -0.4 is 5.32 Å². The van der Waals surface area contributed by atoms with Crippen molar-refractivity contribution in [2.45, 2.75) is 38.6 Å². The zero-order valence-corrected chi connectivity index (χ0v) is 12.2. The molecular formula is C14H31N3. The SMILES string of the molecule is CCCC(CNC)N1CCC(CN(C)C)CC1. The number of likely N-dealkylation sites (N-methyl/N-ethyl adjacent to an activating group) is 1. The Morgan fingerprint density at radius 2 is 1.94 bits per heavy atom. The number of hydrogen-bond donors (Lipinski definition) is 1. The standard InChI is InChI=1S/C14H31N3/c1-5-6-14(11-15-2)17-9-7-13(8-10-17)12-16(3)4/h13-15H,5-12H2,1-4H3. The molecule has 3 heteroatoms. The maximum atomic E-state index is 3.34. The van der Waals surface area contributed by atoms with Crippen LogP contribution in [0.5, 0.6) is 0 Å². The Morgan fingerprint density at radius 3 is 2.41 bits per heavy atom. The van der Waals surface area contributed by atoms with Crippen molar-refractivity contribution in [2.75, 3.05) is 47.3 Å². The van der Waals surface area contributed by atoms with E-state index in [1.165, 1.54) is 45.3 Å². The van der Waals surface area contributed by atoms with E-state index in [1.807, 2.05) is 0 Å². The van der Waals surface area contributed by atoms with E-state index in [2.05, 4.69) is 43.2 Å². The van der Waals surface area contributed by atoms with Gasteiger partial charge in [0.2, 0.25) is 0 Å². The molecule has 0 aromatic carbocycles. The highest BCUT2D eigenvalue weighted by atomic mass is 15.2. The molecule has 0 aromatic rings. The normalized spacial score (nSPS) is 21.0. The van der Waals surface area contributed by atoms with Gasteiger partial charge >= 0.3 is 0 Å². The van der Waals surface area contributed by atoms with Crippen LogP contribution in [-0.2, 0) is 0 Å². The van der Waals surface area contributed by atoms with Gasteiger partial charge in [-0.2, -0.15) is 0 Å². The fourth-order valence-electron chi connectivity index (χ4n) is 3.00. The summed E-state index contributed by atoms with van der Waals surface area (Å²) >= 11 is 0. The van der Waals surface area contributed by atoms with Gasteiger partial charge in [0.15, 0.2) is 0 Å². The van der Waals surface area contributed by atoms with E-state index in [4.69, 9.17) is 0 Å². The average molecular weight is 241 g/mol. The highest BCUT2D eigenvalue weighted by molar-refractivity contribution is 4.80. The number of nitrogens with zero attached hydrogens (tertiary/aromatic N) is 2. The molecular weight excluding hydrogens is 210 g/mol. The van der Waals surface area contributed by atoms with E-state index in [1.54, 1.807) is 0 Å². The Morgan fingerprint density at radius 1 is 1.29 bits per heavy atom. The molecule has 0 saturated carbocycles. The third-order valence-electron chi connectivity index (χ3n) is 3.85. The van der Waals surface area contributed by atoms with Crippen molar-refractivity contribution in [2.24, 2.45) is 5.92 Å². The molecule has 1 atom stereocenters. The molecule has 0 spiro atoms. The topological polar surface area (TPSA) is 18.5 Å². The lowest BCUT2D eigenvalue weighted by atomic mass is 9.94. The molecule has 3 nitrogen and oxygen atoms in total. The Balaban J connectivity index is 2.32. The molecule has 1 aliphatic rings. The van der Waals surface area contributed by atoms with Gasteiger partial charge in [-0.25, -0.2) is 0 Å². The number of rotatable bonds is 7. The maximum absolute atomic E-state index is 3.34. The van der Waals surface area contributed by atoms with Crippen LogP contribution in [0.25, 0.3) is 0 Å². The lowest BCUT2D eigenvalue weighted by molar-refractivity contribution is 0.114. The monoisotopic (exact) mass is 241 g/mol. The molecule has 0 aromatic heterocycles. The summed E-state index contributed by atoms with van der Waals surface area (Å²) in [6, 6.07) is 0.755. The molecule has 0 bridgehead atoms. The van der Waals surface area contributed by atoms with Crippen LogP contribution in [-0.4, -0.2) is 63.2 Å². The quantitative estimate of drug-likeness (QED) is 0.731. The molecule has 102 valence electrons. The van der Waals surface area contributed by atoms with Crippen LogP contribution in [0.15, 0.2) is 0 Å². The summed E-state index contributed by atoms with van der Waals surface area (Å²) < 4.78 is 0. The van der Waals surface area contributed by atoms with Crippen molar-refractivity contribution in [3.63, 3.8) is 0 Å². The van der Waals surface area contributed by atoms with E-state index >= 15 is 0 Å². The molecule has 1 unspecified atom stereocenters. The van der Waals surface area contributed by atoms with Gasteiger partial charge in [0.1, 0.15) is 0 Å². The lowest BCUT2D eigenvalue weighted by Gasteiger charge is -2.38. The molecule has 1 rings (SSSR count). The maximum Gasteiger partial charge on any atom is 0.0220 e. The average Bonchev–Trinajstić information content (AvgIpc) is 2.29. The molecule has 0 aliphatic carbocycles. The first-order chi connectivity index (χ1) is 8.17. The first-order valence-electron chi connectivity index (χ1n) is 7.20. The molecule has 1 aliphatic heterocycles. The van der Waals surface area contributed by atoms with Crippen LogP contribution in [0.2, 0.25) is 0 Å². The van der Waals surface area contributed by atoms with Crippen molar-refractivity contribution in [3.05, 3.63) is 0 Å². The first kappa shape index (κ1) is 14.9. The highest BCUT2D eigenvalue weighted by Crippen LogP contribution is 2.20. The van der Waals surface area contributed by atoms with Crippen LogP contribution in [0.3, 0.4) is 0 Å². The van der Waals surface area contributed by atoms with E-state index in [0.29, 0.717) is 0 Å². The minimum absolute atomic E-state index is 0.755. The second kappa shape index (κ2) is 8.06. The molecule has 1 fully saturated rings. The van der Waals surface area contributed by atoms with E-state index in [0.717, 1.165) is 18.5 Å². The van der Waals surface area contributed by atoms with Gasteiger partial charge in [0, 0.05) is 19.1 Å².